The van der Waals surface area contributed by atoms with Gasteiger partial charge in [-0.25, -0.2) is 5.43 Å². The van der Waals surface area contributed by atoms with Crippen LogP contribution in [0.25, 0.3) is 0 Å². The molecular formula is C10H20BN3O4. The second-order valence-electron chi connectivity index (χ2n) is 4.85. The van der Waals surface area contributed by atoms with Gasteiger partial charge in [-0.1, -0.05) is 13.8 Å². The van der Waals surface area contributed by atoms with Crippen LogP contribution in [0.4, 0.5) is 0 Å². The highest BCUT2D eigenvalue weighted by atomic mass is 16.4. The van der Waals surface area contributed by atoms with E-state index in [0.29, 0.717) is 19.4 Å². The first kappa shape index (κ1) is 15.1. The topological polar surface area (TPSA) is 116 Å². The monoisotopic (exact) mass is 257 g/mol. The predicted octanol–water partition coefficient (Wildman–Crippen LogP) is -1.95. The average Bonchev–Trinajstić information content (AvgIpc) is 2.76. The van der Waals surface area contributed by atoms with Gasteiger partial charge in [0.2, 0.25) is 5.91 Å². The summed E-state index contributed by atoms with van der Waals surface area (Å²) in [5.74, 6) is 5.05. The van der Waals surface area contributed by atoms with E-state index in [-0.39, 0.29) is 11.8 Å². The summed E-state index contributed by atoms with van der Waals surface area (Å²) in [6.07, 6.45) is 1.13. The Morgan fingerprint density at radius 2 is 2.06 bits per heavy atom. The highest BCUT2D eigenvalue weighted by Gasteiger charge is 2.41. The van der Waals surface area contributed by atoms with E-state index in [1.807, 2.05) is 13.8 Å². The standard InChI is InChI=1S/C10H20BN3O4/c1-6(2)8(13-12)10(16)14-5-3-4-7(14)9(15)11(17)18/h6-8,13,17-18H,3-5,12H2,1-2H3/t7-,8-/m0/s1. The lowest BCUT2D eigenvalue weighted by atomic mass is 9.79. The molecule has 0 unspecified atom stereocenters. The van der Waals surface area contributed by atoms with Crippen LogP contribution < -0.4 is 11.3 Å². The Balaban J connectivity index is 2.81. The van der Waals surface area contributed by atoms with Crippen molar-refractivity contribution in [2.24, 2.45) is 11.8 Å². The molecule has 0 spiro atoms. The normalized spacial score (nSPS) is 21.2. The van der Waals surface area contributed by atoms with Crippen LogP contribution in [-0.4, -0.2) is 52.3 Å². The van der Waals surface area contributed by atoms with Crippen LogP contribution in [0.1, 0.15) is 26.7 Å². The van der Waals surface area contributed by atoms with Gasteiger partial charge < -0.3 is 19.7 Å². The molecule has 7 nitrogen and oxygen atoms in total. The van der Waals surface area contributed by atoms with Crippen LogP contribution in [0.15, 0.2) is 0 Å². The SMILES string of the molecule is CC(C)[C@H](NN)C(=O)N1CCC[C@H]1C(=O)B(O)O. The zero-order valence-electron chi connectivity index (χ0n) is 10.7. The smallest absolute Gasteiger partial charge is 0.421 e. The van der Waals surface area contributed by atoms with Crippen LogP contribution in [0.5, 0.6) is 0 Å². The molecule has 1 amide bonds. The van der Waals surface area contributed by atoms with E-state index in [0.717, 1.165) is 0 Å². The molecule has 0 aromatic carbocycles. The fourth-order valence-corrected chi connectivity index (χ4v) is 2.23. The molecule has 18 heavy (non-hydrogen) atoms. The number of amides is 1. The van der Waals surface area contributed by atoms with E-state index in [2.05, 4.69) is 5.43 Å². The van der Waals surface area contributed by atoms with Crippen molar-refractivity contribution in [3.63, 3.8) is 0 Å². The minimum Gasteiger partial charge on any atom is -0.421 e. The number of hydrogen-bond donors (Lipinski definition) is 4. The van der Waals surface area contributed by atoms with Crippen molar-refractivity contribution in [1.29, 1.82) is 0 Å². The number of carbonyl (C=O) groups excluding carboxylic acids is 2. The molecule has 1 fully saturated rings. The molecule has 1 rings (SSSR count). The predicted molar refractivity (Wildman–Crippen MR) is 65.9 cm³/mol. The van der Waals surface area contributed by atoms with Crippen molar-refractivity contribution in [3.05, 3.63) is 0 Å². The van der Waals surface area contributed by atoms with Gasteiger partial charge >= 0.3 is 7.12 Å². The van der Waals surface area contributed by atoms with Crippen molar-refractivity contribution in [2.75, 3.05) is 6.54 Å². The van der Waals surface area contributed by atoms with E-state index in [1.165, 1.54) is 4.90 Å². The highest BCUT2D eigenvalue weighted by molar-refractivity contribution is 6.79. The summed E-state index contributed by atoms with van der Waals surface area (Å²) in [6, 6.07) is -1.33. The molecule has 5 N–H and O–H groups in total. The number of nitrogens with two attached hydrogens (primary N) is 1. The lowest BCUT2D eigenvalue weighted by Gasteiger charge is -2.29. The maximum atomic E-state index is 12.2. The first-order valence-corrected chi connectivity index (χ1v) is 6.06. The summed E-state index contributed by atoms with van der Waals surface area (Å²) >= 11 is 0. The van der Waals surface area contributed by atoms with Gasteiger partial charge in [-0.3, -0.25) is 10.6 Å². The molecule has 0 saturated carbocycles. The fraction of sp³-hybridized carbons (Fsp3) is 0.800. The van der Waals surface area contributed by atoms with Crippen molar-refractivity contribution in [1.82, 2.24) is 10.3 Å². The quantitative estimate of drug-likeness (QED) is 0.258. The lowest BCUT2D eigenvalue weighted by Crippen LogP contribution is -2.55. The average molecular weight is 257 g/mol. The molecule has 1 saturated heterocycles. The summed E-state index contributed by atoms with van der Waals surface area (Å²) in [4.78, 5) is 25.2. The van der Waals surface area contributed by atoms with Gasteiger partial charge in [0.25, 0.3) is 0 Å². The third-order valence-electron chi connectivity index (χ3n) is 3.23. The highest BCUT2D eigenvalue weighted by Crippen LogP contribution is 2.20. The summed E-state index contributed by atoms with van der Waals surface area (Å²) < 4.78 is 0. The van der Waals surface area contributed by atoms with Gasteiger partial charge in [0.1, 0.15) is 6.04 Å². The molecule has 1 aliphatic rings. The van der Waals surface area contributed by atoms with Crippen LogP contribution in [0.3, 0.4) is 0 Å². The minimum absolute atomic E-state index is 0.0158. The van der Waals surface area contributed by atoms with Gasteiger partial charge in [0.15, 0.2) is 5.68 Å². The molecular weight excluding hydrogens is 237 g/mol. The number of nitrogens with zero attached hydrogens (tertiary/aromatic N) is 1. The van der Waals surface area contributed by atoms with Gasteiger partial charge in [-0.05, 0) is 18.8 Å². The third kappa shape index (κ3) is 3.08. The summed E-state index contributed by atoms with van der Waals surface area (Å²) in [5, 5.41) is 17.8. The number of rotatable bonds is 5. The molecule has 0 radical (unpaired) electrons. The first-order chi connectivity index (χ1) is 8.40. The minimum atomic E-state index is -2.04. The van der Waals surface area contributed by atoms with Crippen molar-refractivity contribution < 1.29 is 19.6 Å². The molecule has 0 aliphatic carbocycles. The Hall–Kier alpha value is -0.955. The molecule has 0 aromatic rings. The Morgan fingerprint density at radius 3 is 2.50 bits per heavy atom. The molecule has 1 aliphatic heterocycles. The Kier molecular flexibility index (Phi) is 5.27. The summed E-state index contributed by atoms with van der Waals surface area (Å²) in [7, 11) is -2.04. The Bertz CT molecular complexity index is 324. The lowest BCUT2D eigenvalue weighted by molar-refractivity contribution is -0.138. The Labute approximate surface area is 106 Å². The van der Waals surface area contributed by atoms with Crippen LogP contribution in [-0.2, 0) is 9.59 Å². The third-order valence-corrected chi connectivity index (χ3v) is 3.23. The van der Waals surface area contributed by atoms with Gasteiger partial charge in [0.05, 0.1) is 6.04 Å². The zero-order valence-corrected chi connectivity index (χ0v) is 10.7. The van der Waals surface area contributed by atoms with E-state index >= 15 is 0 Å². The molecule has 2 atom stereocenters. The van der Waals surface area contributed by atoms with Crippen LogP contribution in [0, 0.1) is 5.92 Å². The second kappa shape index (κ2) is 6.28. The molecule has 8 heteroatoms. The molecule has 0 aromatic heterocycles. The second-order valence-corrected chi connectivity index (χ2v) is 4.85. The first-order valence-electron chi connectivity index (χ1n) is 6.06. The van der Waals surface area contributed by atoms with Gasteiger partial charge in [0, 0.05) is 6.54 Å². The van der Waals surface area contributed by atoms with Crippen molar-refractivity contribution >= 4 is 18.7 Å². The zero-order chi connectivity index (χ0) is 13.9. The van der Waals surface area contributed by atoms with Crippen molar-refractivity contribution in [3.8, 4) is 0 Å². The number of hydrogen-bond acceptors (Lipinski definition) is 6. The van der Waals surface area contributed by atoms with Gasteiger partial charge in [-0.2, -0.15) is 0 Å². The van der Waals surface area contributed by atoms with Crippen LogP contribution >= 0.6 is 0 Å². The van der Waals surface area contributed by atoms with Crippen molar-refractivity contribution in [2.45, 2.75) is 38.8 Å². The summed E-state index contributed by atoms with van der Waals surface area (Å²) in [6.45, 7) is 4.12. The number of carbonyl (C=O) groups is 2. The van der Waals surface area contributed by atoms with E-state index in [1.54, 1.807) is 0 Å². The van der Waals surface area contributed by atoms with Gasteiger partial charge in [-0.15, -0.1) is 0 Å². The van der Waals surface area contributed by atoms with Crippen LogP contribution in [0.2, 0.25) is 0 Å². The maximum absolute atomic E-state index is 12.2. The van der Waals surface area contributed by atoms with E-state index in [9.17, 15) is 9.59 Å². The fourth-order valence-electron chi connectivity index (χ4n) is 2.23. The van der Waals surface area contributed by atoms with E-state index in [4.69, 9.17) is 15.9 Å². The number of likely N-dealkylation sites (tertiary alicyclic amines) is 1. The summed E-state index contributed by atoms with van der Waals surface area (Å²) in [5.41, 5.74) is 1.70. The maximum Gasteiger partial charge on any atom is 0.529 e. The molecule has 1 heterocycles. The Morgan fingerprint density at radius 1 is 1.44 bits per heavy atom. The molecule has 0 bridgehead atoms. The number of hydrazine groups is 1. The number of nitrogens with one attached hydrogen (secondary N) is 1. The largest absolute Gasteiger partial charge is 0.529 e. The molecule has 102 valence electrons. The van der Waals surface area contributed by atoms with E-state index < -0.39 is 24.9 Å².